The molecule has 5 N–H and O–H groups in total. The Morgan fingerprint density at radius 1 is 1.23 bits per heavy atom. The number of aromatic nitrogens is 3. The molecule has 1 aliphatic carbocycles. The lowest BCUT2D eigenvalue weighted by molar-refractivity contribution is 0.291. The number of fused-ring (bicyclic) bond motifs is 1. The van der Waals surface area contributed by atoms with Gasteiger partial charge in [-0.25, -0.2) is 23.7 Å². The monoisotopic (exact) mass is 504 g/mol. The Morgan fingerprint density at radius 2 is 2.03 bits per heavy atom. The number of ether oxygens (including phenoxy) is 1. The fourth-order valence-electron chi connectivity index (χ4n) is 4.70. The van der Waals surface area contributed by atoms with Crippen molar-refractivity contribution >= 4 is 39.0 Å². The number of nitrogens with one attached hydrogen (secondary N) is 1. The highest BCUT2D eigenvalue weighted by Gasteiger charge is 2.59. The van der Waals surface area contributed by atoms with Crippen LogP contribution >= 0.6 is 10.6 Å². The summed E-state index contributed by atoms with van der Waals surface area (Å²) in [5, 5.41) is 3.08. The van der Waals surface area contributed by atoms with Crippen molar-refractivity contribution in [3.63, 3.8) is 0 Å². The van der Waals surface area contributed by atoms with Crippen molar-refractivity contribution in [3.05, 3.63) is 48.0 Å². The average Bonchev–Trinajstić information content (AvgIpc) is 2.78. The second kappa shape index (κ2) is 8.54. The van der Waals surface area contributed by atoms with Crippen LogP contribution in [0.5, 0.6) is 5.88 Å². The molecule has 3 heterocycles. The van der Waals surface area contributed by atoms with E-state index in [9.17, 15) is 13.5 Å². The molecule has 5 rings (SSSR count). The quantitative estimate of drug-likeness (QED) is 0.384. The highest BCUT2D eigenvalue weighted by molar-refractivity contribution is 8.26. The third kappa shape index (κ3) is 3.76. The van der Waals surface area contributed by atoms with Gasteiger partial charge in [0.2, 0.25) is 5.88 Å². The molecule has 2 aliphatic rings. The van der Waals surface area contributed by atoms with Crippen LogP contribution in [0.4, 0.5) is 20.3 Å². The van der Waals surface area contributed by atoms with Gasteiger partial charge in [-0.3, -0.25) is 14.1 Å². The van der Waals surface area contributed by atoms with Crippen molar-refractivity contribution in [2.45, 2.75) is 36.5 Å². The lowest BCUT2D eigenvalue weighted by atomic mass is 9.82. The number of hydrogen-bond acceptors (Lipinski definition) is 9. The standard InChI is InChI=1S/C23H26F2N6O3S/c1-2-34-18-11-28-19-17(30-18)6-9-27-20(19)29-14-4-5-16(25)15(10-14)22(12-24)13-35(32,33)23(7-3-8-23)21(26)31-22/h4-6,9-11,32-33H,2-3,7-8,12-13H2,1H3,(H2,26,31)(H,27,29)/t22-/m1/s1. The Hall–Kier alpha value is -3.09. The van der Waals surface area contributed by atoms with E-state index in [1.54, 1.807) is 12.3 Å². The molecule has 0 unspecified atom stereocenters. The molecule has 0 bridgehead atoms. The van der Waals surface area contributed by atoms with Crippen molar-refractivity contribution < 1.29 is 22.6 Å². The van der Waals surface area contributed by atoms with Gasteiger partial charge in [0.15, 0.2) is 5.82 Å². The number of anilines is 2. The minimum atomic E-state index is -3.35. The van der Waals surface area contributed by atoms with Gasteiger partial charge in [-0.2, -0.15) is 10.6 Å². The van der Waals surface area contributed by atoms with Crippen LogP contribution in [0.2, 0.25) is 0 Å². The molecular weight excluding hydrogens is 478 g/mol. The van der Waals surface area contributed by atoms with Gasteiger partial charge in [-0.05, 0) is 50.5 Å². The Morgan fingerprint density at radius 3 is 2.69 bits per heavy atom. The summed E-state index contributed by atoms with van der Waals surface area (Å²) in [6.45, 7) is 1.15. The lowest BCUT2D eigenvalue weighted by Crippen LogP contribution is -2.60. The lowest BCUT2D eigenvalue weighted by Gasteiger charge is -2.60. The van der Waals surface area contributed by atoms with E-state index < -0.39 is 39.1 Å². The largest absolute Gasteiger partial charge is 0.477 e. The number of alkyl halides is 1. The molecule has 3 aromatic rings. The number of halogens is 2. The molecule has 186 valence electrons. The molecule has 0 saturated heterocycles. The molecule has 9 nitrogen and oxygen atoms in total. The van der Waals surface area contributed by atoms with E-state index in [4.69, 9.17) is 10.5 Å². The van der Waals surface area contributed by atoms with E-state index in [-0.39, 0.29) is 11.4 Å². The van der Waals surface area contributed by atoms with Gasteiger partial charge in [0.25, 0.3) is 0 Å². The summed E-state index contributed by atoms with van der Waals surface area (Å²) in [6, 6.07) is 5.71. The number of benzene rings is 1. The molecule has 1 aliphatic heterocycles. The zero-order valence-corrected chi connectivity index (χ0v) is 19.9. The molecule has 12 heteroatoms. The first-order valence-corrected chi connectivity index (χ1v) is 12.9. The number of aliphatic imine (C=N–C) groups is 1. The van der Waals surface area contributed by atoms with E-state index in [1.165, 1.54) is 24.4 Å². The Labute approximate surface area is 202 Å². The number of amidine groups is 1. The van der Waals surface area contributed by atoms with E-state index >= 15 is 4.39 Å². The maximum Gasteiger partial charge on any atom is 0.232 e. The maximum absolute atomic E-state index is 15.1. The summed E-state index contributed by atoms with van der Waals surface area (Å²) in [4.78, 5) is 17.4. The van der Waals surface area contributed by atoms with E-state index in [0.717, 1.165) is 6.42 Å². The van der Waals surface area contributed by atoms with Crippen LogP contribution < -0.4 is 15.8 Å². The summed E-state index contributed by atoms with van der Waals surface area (Å²) in [5.74, 6) is -0.454. The van der Waals surface area contributed by atoms with Crippen LogP contribution in [0.1, 0.15) is 31.7 Å². The van der Waals surface area contributed by atoms with Crippen LogP contribution in [0.25, 0.3) is 11.0 Å². The zero-order valence-electron chi connectivity index (χ0n) is 19.0. The van der Waals surface area contributed by atoms with Crippen LogP contribution in [0, 0.1) is 5.82 Å². The third-order valence-electron chi connectivity index (χ3n) is 6.71. The second-order valence-corrected chi connectivity index (χ2v) is 11.2. The number of pyridine rings is 1. The molecule has 1 spiro atoms. The number of nitrogens with two attached hydrogens (primary N) is 1. The minimum absolute atomic E-state index is 0.0264. The molecule has 1 aromatic carbocycles. The zero-order chi connectivity index (χ0) is 24.8. The normalized spacial score (nSPS) is 23.4. The fourth-order valence-corrected chi connectivity index (χ4v) is 7.26. The van der Waals surface area contributed by atoms with Gasteiger partial charge in [-0.1, -0.05) is 0 Å². The maximum atomic E-state index is 15.1. The van der Waals surface area contributed by atoms with E-state index in [2.05, 4.69) is 25.3 Å². The second-order valence-electron chi connectivity index (χ2n) is 8.81. The number of hydrogen-bond donors (Lipinski definition) is 4. The molecule has 0 radical (unpaired) electrons. The average molecular weight is 505 g/mol. The summed E-state index contributed by atoms with van der Waals surface area (Å²) in [6.07, 6.45) is 4.73. The smallest absolute Gasteiger partial charge is 0.232 e. The van der Waals surface area contributed by atoms with Gasteiger partial charge in [0.05, 0.1) is 24.1 Å². The Kier molecular flexibility index (Phi) is 5.77. The predicted molar refractivity (Wildman–Crippen MR) is 132 cm³/mol. The van der Waals surface area contributed by atoms with Crippen LogP contribution in [-0.2, 0) is 5.54 Å². The molecular formula is C23H26F2N6O3S. The summed E-state index contributed by atoms with van der Waals surface area (Å²) in [7, 11) is -3.35. The van der Waals surface area contributed by atoms with Crippen molar-refractivity contribution in [1.29, 1.82) is 0 Å². The van der Waals surface area contributed by atoms with E-state index in [0.29, 0.717) is 47.9 Å². The first-order chi connectivity index (χ1) is 16.7. The van der Waals surface area contributed by atoms with Gasteiger partial charge in [0.1, 0.15) is 34.1 Å². The Balaban J connectivity index is 1.53. The highest BCUT2D eigenvalue weighted by Crippen LogP contribution is 2.66. The Bertz CT molecular complexity index is 1320. The summed E-state index contributed by atoms with van der Waals surface area (Å²) < 4.78 is 55.9. The highest BCUT2D eigenvalue weighted by atomic mass is 32.3. The minimum Gasteiger partial charge on any atom is -0.477 e. The summed E-state index contributed by atoms with van der Waals surface area (Å²) in [5.41, 5.74) is 5.59. The van der Waals surface area contributed by atoms with Crippen LogP contribution in [-0.4, -0.2) is 53.7 Å². The first kappa shape index (κ1) is 23.6. The molecule has 1 atom stereocenters. The SMILES string of the molecule is CCOc1cnc2c(Nc3ccc(F)c([C@@]4(CF)CS(O)(O)C5(CCC5)C(N)=N4)c3)nccc2n1. The van der Waals surface area contributed by atoms with Crippen molar-refractivity contribution in [2.24, 2.45) is 10.7 Å². The molecule has 1 fully saturated rings. The molecule has 1 saturated carbocycles. The van der Waals surface area contributed by atoms with Gasteiger partial charge in [0, 0.05) is 17.4 Å². The molecule has 2 aromatic heterocycles. The first-order valence-electron chi connectivity index (χ1n) is 11.2. The molecule has 0 amide bonds. The van der Waals surface area contributed by atoms with Gasteiger partial charge >= 0.3 is 0 Å². The fraction of sp³-hybridized carbons (Fsp3) is 0.391. The topological polar surface area (TPSA) is 139 Å². The summed E-state index contributed by atoms with van der Waals surface area (Å²) >= 11 is 0. The molecule has 35 heavy (non-hydrogen) atoms. The van der Waals surface area contributed by atoms with Gasteiger partial charge in [-0.15, -0.1) is 0 Å². The van der Waals surface area contributed by atoms with Crippen molar-refractivity contribution in [3.8, 4) is 5.88 Å². The number of rotatable bonds is 6. The van der Waals surface area contributed by atoms with E-state index in [1.807, 2.05) is 6.92 Å². The third-order valence-corrected chi connectivity index (χ3v) is 9.46. The van der Waals surface area contributed by atoms with Crippen molar-refractivity contribution in [1.82, 2.24) is 15.0 Å². The van der Waals surface area contributed by atoms with Crippen LogP contribution in [0.15, 0.2) is 41.7 Å². The van der Waals surface area contributed by atoms with Crippen LogP contribution in [0.3, 0.4) is 0 Å². The predicted octanol–water partition coefficient (Wildman–Crippen LogP) is 4.52. The van der Waals surface area contributed by atoms with Crippen molar-refractivity contribution in [2.75, 3.05) is 24.4 Å². The number of nitrogens with zero attached hydrogens (tertiary/aromatic N) is 4. The van der Waals surface area contributed by atoms with Gasteiger partial charge < -0.3 is 15.8 Å².